The van der Waals surface area contributed by atoms with Gasteiger partial charge in [0.1, 0.15) is 0 Å². The molecule has 3 rings (SSSR count). The average molecular weight is 338 g/mol. The largest absolute Gasteiger partial charge is 0.379 e. The minimum atomic E-state index is 0.309. The summed E-state index contributed by atoms with van der Waals surface area (Å²) in [6, 6.07) is 0.444. The molecule has 3 N–H and O–H groups in total. The van der Waals surface area contributed by atoms with Crippen molar-refractivity contribution in [3.8, 4) is 0 Å². The van der Waals surface area contributed by atoms with Crippen molar-refractivity contribution in [2.45, 2.75) is 57.6 Å². The van der Waals surface area contributed by atoms with E-state index in [0.29, 0.717) is 23.5 Å². The molecule has 3 aliphatic rings. The Bertz CT molecular complexity index is 417. The van der Waals surface area contributed by atoms with E-state index in [1.165, 1.54) is 25.7 Å². The van der Waals surface area contributed by atoms with Gasteiger partial charge in [0.2, 0.25) is 0 Å². The number of rotatable bonds is 7. The summed E-state index contributed by atoms with van der Waals surface area (Å²) in [6.45, 7) is 8.58. The Morgan fingerprint density at radius 1 is 1.33 bits per heavy atom. The fourth-order valence-electron chi connectivity index (χ4n) is 4.63. The predicted molar refractivity (Wildman–Crippen MR) is 96.2 cm³/mol. The molecule has 0 aromatic heterocycles. The third-order valence-corrected chi connectivity index (χ3v) is 6.03. The van der Waals surface area contributed by atoms with Gasteiger partial charge in [-0.15, -0.1) is 0 Å². The topological polar surface area (TPSA) is 72.1 Å². The SMILES string of the molecule is CCO[C@H]1C[C@H](NC(N)=NCCCN2CCOCC2)C12CCCC2. The van der Waals surface area contributed by atoms with Crippen LogP contribution in [0.5, 0.6) is 0 Å². The molecule has 6 nitrogen and oxygen atoms in total. The third-order valence-electron chi connectivity index (χ3n) is 6.03. The number of hydrogen-bond donors (Lipinski definition) is 2. The Labute approximate surface area is 146 Å². The second-order valence-electron chi connectivity index (χ2n) is 7.39. The van der Waals surface area contributed by atoms with E-state index >= 15 is 0 Å². The first-order valence-electron chi connectivity index (χ1n) is 9.73. The summed E-state index contributed by atoms with van der Waals surface area (Å²) < 4.78 is 11.3. The van der Waals surface area contributed by atoms with E-state index in [1.807, 2.05) is 0 Å². The fraction of sp³-hybridized carbons (Fsp3) is 0.944. The van der Waals surface area contributed by atoms with E-state index in [-0.39, 0.29) is 0 Å². The molecule has 1 heterocycles. The molecule has 2 aliphatic carbocycles. The summed E-state index contributed by atoms with van der Waals surface area (Å²) in [5.41, 5.74) is 6.45. The van der Waals surface area contributed by atoms with Gasteiger partial charge < -0.3 is 20.5 Å². The van der Waals surface area contributed by atoms with Crippen LogP contribution in [-0.2, 0) is 9.47 Å². The van der Waals surface area contributed by atoms with Gasteiger partial charge in [0, 0.05) is 44.2 Å². The van der Waals surface area contributed by atoms with Crippen LogP contribution < -0.4 is 11.1 Å². The van der Waals surface area contributed by atoms with Crippen molar-refractivity contribution < 1.29 is 9.47 Å². The first-order chi connectivity index (χ1) is 11.7. The van der Waals surface area contributed by atoms with Crippen LogP contribution >= 0.6 is 0 Å². The molecule has 2 saturated carbocycles. The maximum absolute atomic E-state index is 6.14. The Kier molecular flexibility index (Phi) is 6.36. The molecule has 3 fully saturated rings. The van der Waals surface area contributed by atoms with Crippen LogP contribution in [0.4, 0.5) is 0 Å². The maximum Gasteiger partial charge on any atom is 0.188 e. The maximum atomic E-state index is 6.14. The summed E-state index contributed by atoms with van der Waals surface area (Å²) in [5.74, 6) is 0.614. The number of hydrogen-bond acceptors (Lipinski definition) is 4. The van der Waals surface area contributed by atoms with Crippen LogP contribution in [0.2, 0.25) is 0 Å². The molecule has 0 unspecified atom stereocenters. The van der Waals surface area contributed by atoms with E-state index < -0.39 is 0 Å². The summed E-state index contributed by atoms with van der Waals surface area (Å²) in [4.78, 5) is 6.98. The number of nitrogens with two attached hydrogens (primary N) is 1. The Balaban J connectivity index is 1.40. The van der Waals surface area contributed by atoms with Crippen molar-refractivity contribution in [2.75, 3.05) is 46.0 Å². The van der Waals surface area contributed by atoms with Gasteiger partial charge >= 0.3 is 0 Å². The van der Waals surface area contributed by atoms with Crippen LogP contribution in [-0.4, -0.2) is 69.0 Å². The number of morpholine rings is 1. The number of nitrogens with one attached hydrogen (secondary N) is 1. The number of guanidine groups is 1. The lowest BCUT2D eigenvalue weighted by Gasteiger charge is -2.54. The van der Waals surface area contributed by atoms with Gasteiger partial charge in [0.15, 0.2) is 5.96 Å². The van der Waals surface area contributed by atoms with Crippen LogP contribution in [0.1, 0.15) is 45.4 Å². The first-order valence-corrected chi connectivity index (χ1v) is 9.73. The molecule has 1 saturated heterocycles. The summed E-state index contributed by atoms with van der Waals surface area (Å²) >= 11 is 0. The van der Waals surface area contributed by atoms with Crippen LogP contribution in [0.15, 0.2) is 4.99 Å². The fourth-order valence-corrected chi connectivity index (χ4v) is 4.63. The highest BCUT2D eigenvalue weighted by Crippen LogP contribution is 2.54. The lowest BCUT2D eigenvalue weighted by molar-refractivity contribution is -0.125. The highest BCUT2D eigenvalue weighted by molar-refractivity contribution is 5.78. The van der Waals surface area contributed by atoms with Gasteiger partial charge in [-0.1, -0.05) is 12.8 Å². The van der Waals surface area contributed by atoms with Crippen LogP contribution in [0, 0.1) is 5.41 Å². The molecule has 24 heavy (non-hydrogen) atoms. The summed E-state index contributed by atoms with van der Waals surface area (Å²) in [6.07, 6.45) is 7.70. The van der Waals surface area contributed by atoms with Gasteiger partial charge in [-0.25, -0.2) is 0 Å². The van der Waals surface area contributed by atoms with Gasteiger partial charge in [0.25, 0.3) is 0 Å². The second kappa shape index (κ2) is 8.50. The van der Waals surface area contributed by atoms with E-state index in [9.17, 15) is 0 Å². The predicted octanol–water partition coefficient (Wildman–Crippen LogP) is 1.35. The van der Waals surface area contributed by atoms with Crippen molar-refractivity contribution in [1.82, 2.24) is 10.2 Å². The standard InChI is InChI=1S/C18H34N4O2/c1-2-24-16-14-15(18(16)6-3-4-7-18)21-17(19)20-8-5-9-22-10-12-23-13-11-22/h15-16H,2-14H2,1H3,(H3,19,20,21)/t15-,16-/m0/s1. The number of aliphatic imine (C=N–C) groups is 1. The molecule has 0 amide bonds. The van der Waals surface area contributed by atoms with E-state index in [4.69, 9.17) is 15.2 Å². The minimum absolute atomic E-state index is 0.309. The van der Waals surface area contributed by atoms with Crippen molar-refractivity contribution in [3.05, 3.63) is 0 Å². The smallest absolute Gasteiger partial charge is 0.188 e. The highest BCUT2D eigenvalue weighted by atomic mass is 16.5. The molecule has 0 bridgehead atoms. The van der Waals surface area contributed by atoms with Gasteiger partial charge in [-0.05, 0) is 32.6 Å². The molecule has 1 spiro atoms. The van der Waals surface area contributed by atoms with Crippen LogP contribution in [0.3, 0.4) is 0 Å². The van der Waals surface area contributed by atoms with Crippen LogP contribution in [0.25, 0.3) is 0 Å². The van der Waals surface area contributed by atoms with E-state index in [1.54, 1.807) is 0 Å². The molecule has 0 aromatic carbocycles. The van der Waals surface area contributed by atoms with Crippen molar-refractivity contribution in [1.29, 1.82) is 0 Å². The third kappa shape index (κ3) is 4.03. The second-order valence-corrected chi connectivity index (χ2v) is 7.39. The highest BCUT2D eigenvalue weighted by Gasteiger charge is 2.56. The molecular formula is C18H34N4O2. The summed E-state index contributed by atoms with van der Waals surface area (Å²) in [5, 5.41) is 3.49. The first kappa shape index (κ1) is 18.0. The zero-order valence-corrected chi connectivity index (χ0v) is 15.1. The summed E-state index contributed by atoms with van der Waals surface area (Å²) in [7, 11) is 0. The zero-order valence-electron chi connectivity index (χ0n) is 15.1. The quantitative estimate of drug-likeness (QED) is 0.416. The molecule has 138 valence electrons. The number of nitrogens with zero attached hydrogens (tertiary/aromatic N) is 2. The molecule has 1 aliphatic heterocycles. The zero-order chi connectivity index (χ0) is 16.8. The molecule has 6 heteroatoms. The van der Waals surface area contributed by atoms with Crippen molar-refractivity contribution in [2.24, 2.45) is 16.1 Å². The molecule has 0 aromatic rings. The Hall–Kier alpha value is -0.850. The van der Waals surface area contributed by atoms with Crippen molar-refractivity contribution >= 4 is 5.96 Å². The van der Waals surface area contributed by atoms with Crippen molar-refractivity contribution in [3.63, 3.8) is 0 Å². The van der Waals surface area contributed by atoms with Gasteiger partial charge in [-0.3, -0.25) is 9.89 Å². The van der Waals surface area contributed by atoms with Gasteiger partial charge in [0.05, 0.1) is 19.3 Å². The Morgan fingerprint density at radius 2 is 2.08 bits per heavy atom. The van der Waals surface area contributed by atoms with E-state index in [0.717, 1.165) is 58.8 Å². The normalized spacial score (nSPS) is 30.5. The molecular weight excluding hydrogens is 304 g/mol. The molecule has 2 atom stereocenters. The lowest BCUT2D eigenvalue weighted by Crippen LogP contribution is -2.64. The Morgan fingerprint density at radius 3 is 2.79 bits per heavy atom. The molecule has 0 radical (unpaired) electrons. The average Bonchev–Trinajstić information content (AvgIpc) is 3.12. The minimum Gasteiger partial charge on any atom is -0.379 e. The van der Waals surface area contributed by atoms with Gasteiger partial charge in [-0.2, -0.15) is 0 Å². The lowest BCUT2D eigenvalue weighted by atomic mass is 9.60. The monoisotopic (exact) mass is 338 g/mol. The number of ether oxygens (including phenoxy) is 2. The van der Waals surface area contributed by atoms with E-state index in [2.05, 4.69) is 22.1 Å².